The first-order chi connectivity index (χ1) is 19.0. The van der Waals surface area contributed by atoms with Gasteiger partial charge in [0, 0.05) is 43.4 Å². The number of aromatic hydroxyl groups is 1. The summed E-state index contributed by atoms with van der Waals surface area (Å²) < 4.78 is 0. The highest BCUT2D eigenvalue weighted by Gasteiger charge is 2.64. The molecule has 1 aromatic carbocycles. The fourth-order valence-electron chi connectivity index (χ4n) is 7.33. The number of benzene rings is 1. The molecule has 0 spiro atoms. The number of hydrogen-bond donors (Lipinski definition) is 6. The SMILES string of the molecule is CN(C)c1c(CNC(C)(C)C2CC2)cc(O)c2c1C[C@H]1C[C@H]3[C@H](N(C)C)C(=O)C(C(N)=O)=C(O)[C@@]3(O)C(=O)C1=C2O. The van der Waals surface area contributed by atoms with Crippen LogP contribution in [0.5, 0.6) is 5.75 Å². The topological polar surface area (TPSA) is 177 Å². The van der Waals surface area contributed by atoms with Crippen molar-refractivity contribution in [3.63, 3.8) is 0 Å². The van der Waals surface area contributed by atoms with Gasteiger partial charge in [-0.05, 0) is 82.7 Å². The first-order valence-corrected chi connectivity index (χ1v) is 14.0. The molecule has 4 aliphatic rings. The molecule has 7 N–H and O–H groups in total. The molecule has 11 heteroatoms. The Morgan fingerprint density at radius 2 is 1.78 bits per heavy atom. The lowest BCUT2D eigenvalue weighted by Crippen LogP contribution is -2.65. The normalized spacial score (nSPS) is 28.0. The average Bonchev–Trinajstić information content (AvgIpc) is 3.70. The largest absolute Gasteiger partial charge is 0.508 e. The third-order valence-electron chi connectivity index (χ3n) is 9.55. The number of rotatable bonds is 7. The van der Waals surface area contributed by atoms with Crippen LogP contribution in [-0.2, 0) is 27.3 Å². The van der Waals surface area contributed by atoms with Crippen molar-refractivity contribution < 1.29 is 34.8 Å². The maximum Gasteiger partial charge on any atom is 0.255 e. The molecule has 0 radical (unpaired) electrons. The molecule has 0 heterocycles. The molecule has 2 saturated carbocycles. The highest BCUT2D eigenvalue weighted by molar-refractivity contribution is 6.24. The van der Waals surface area contributed by atoms with E-state index in [1.165, 1.54) is 17.7 Å². The highest BCUT2D eigenvalue weighted by Crippen LogP contribution is 2.54. The van der Waals surface area contributed by atoms with E-state index in [0.717, 1.165) is 11.3 Å². The lowest BCUT2D eigenvalue weighted by molar-refractivity contribution is -0.153. The predicted molar refractivity (Wildman–Crippen MR) is 152 cm³/mol. The second-order valence-electron chi connectivity index (χ2n) is 13.0. The standard InChI is InChI=1S/C30H40N4O7/c1-29(2,15-7-8-15)32-12-14-11-18(35)20-16(22(14)33(3)4)9-13-10-17-23(34(5)6)25(37)21(28(31)40)27(39)30(17,41)26(38)19(13)24(20)36/h11,13,15,17,23,32,35-36,39,41H,7-10,12H2,1-6H3,(H2,31,40)/t13-,17-,23-,30-/m0/s1. The zero-order chi connectivity index (χ0) is 30.3. The van der Waals surface area contributed by atoms with Gasteiger partial charge in [-0.3, -0.25) is 19.3 Å². The Balaban J connectivity index is 1.66. The number of amides is 1. The minimum Gasteiger partial charge on any atom is -0.508 e. The van der Waals surface area contributed by atoms with Gasteiger partial charge >= 0.3 is 0 Å². The van der Waals surface area contributed by atoms with Crippen molar-refractivity contribution in [3.8, 4) is 5.75 Å². The number of phenols is 1. The second kappa shape index (κ2) is 9.57. The molecule has 1 amide bonds. The molecule has 5 rings (SSSR count). The van der Waals surface area contributed by atoms with Crippen LogP contribution in [0.2, 0.25) is 0 Å². The first kappa shape index (κ1) is 29.1. The third-order valence-corrected chi connectivity index (χ3v) is 9.55. The number of likely N-dealkylation sites (N-methyl/N-ethyl adjacent to an activating group) is 1. The molecule has 222 valence electrons. The molecule has 4 atom stereocenters. The Bertz CT molecular complexity index is 1420. The van der Waals surface area contributed by atoms with Crippen LogP contribution in [0.25, 0.3) is 5.76 Å². The Hall–Kier alpha value is -3.41. The van der Waals surface area contributed by atoms with Gasteiger partial charge in [-0.15, -0.1) is 0 Å². The van der Waals surface area contributed by atoms with Gasteiger partial charge in [0.2, 0.25) is 5.78 Å². The third kappa shape index (κ3) is 4.24. The number of hydrogen-bond acceptors (Lipinski definition) is 10. The van der Waals surface area contributed by atoms with Crippen molar-refractivity contribution in [1.29, 1.82) is 0 Å². The molecule has 2 fully saturated rings. The van der Waals surface area contributed by atoms with E-state index < -0.39 is 58.0 Å². The molecule has 0 unspecified atom stereocenters. The number of carbonyl (C=O) groups is 3. The van der Waals surface area contributed by atoms with Gasteiger partial charge in [-0.2, -0.15) is 0 Å². The Labute approximate surface area is 239 Å². The number of nitrogens with zero attached hydrogens (tertiary/aromatic N) is 2. The number of aliphatic hydroxyl groups excluding tert-OH is 2. The molecular weight excluding hydrogens is 528 g/mol. The summed E-state index contributed by atoms with van der Waals surface area (Å²) in [6.07, 6.45) is 2.64. The molecule has 1 aromatic rings. The smallest absolute Gasteiger partial charge is 0.255 e. The molecule has 0 saturated heterocycles. The maximum atomic E-state index is 14.0. The summed E-state index contributed by atoms with van der Waals surface area (Å²) in [7, 11) is 6.91. The molecule has 0 bridgehead atoms. The van der Waals surface area contributed by atoms with E-state index in [0.29, 0.717) is 18.0 Å². The van der Waals surface area contributed by atoms with Crippen LogP contribution in [0.3, 0.4) is 0 Å². The number of anilines is 1. The molecule has 0 aliphatic heterocycles. The summed E-state index contributed by atoms with van der Waals surface area (Å²) >= 11 is 0. The zero-order valence-electron chi connectivity index (χ0n) is 24.4. The number of ketones is 2. The average molecular weight is 569 g/mol. The molecule has 4 aliphatic carbocycles. The monoisotopic (exact) mass is 568 g/mol. The van der Waals surface area contributed by atoms with Crippen molar-refractivity contribution in [1.82, 2.24) is 10.2 Å². The molecule has 0 aromatic heterocycles. The Kier molecular flexibility index (Phi) is 6.79. The van der Waals surface area contributed by atoms with E-state index in [2.05, 4.69) is 19.2 Å². The number of nitrogens with two attached hydrogens (primary N) is 1. The first-order valence-electron chi connectivity index (χ1n) is 14.0. The fourth-order valence-corrected chi connectivity index (χ4v) is 7.33. The quantitative estimate of drug-likeness (QED) is 0.263. The fraction of sp³-hybridized carbons (Fsp3) is 0.567. The van der Waals surface area contributed by atoms with Gasteiger partial charge in [0.1, 0.15) is 22.8 Å². The van der Waals surface area contributed by atoms with Crippen LogP contribution >= 0.6 is 0 Å². The van der Waals surface area contributed by atoms with Gasteiger partial charge in [-0.25, -0.2) is 0 Å². The van der Waals surface area contributed by atoms with E-state index >= 15 is 0 Å². The van der Waals surface area contributed by atoms with E-state index in [9.17, 15) is 34.8 Å². The van der Waals surface area contributed by atoms with Crippen molar-refractivity contribution in [2.45, 2.75) is 63.3 Å². The molecular formula is C30H40N4O7. The van der Waals surface area contributed by atoms with Crippen molar-refractivity contribution in [2.75, 3.05) is 33.1 Å². The summed E-state index contributed by atoms with van der Waals surface area (Å²) in [5, 5.41) is 49.1. The van der Waals surface area contributed by atoms with Gasteiger partial charge in [-0.1, -0.05) is 0 Å². The summed E-state index contributed by atoms with van der Waals surface area (Å²) in [5.74, 6) is -5.97. The minimum absolute atomic E-state index is 0.0522. The van der Waals surface area contributed by atoms with E-state index in [1.54, 1.807) is 20.2 Å². The van der Waals surface area contributed by atoms with E-state index in [1.807, 2.05) is 19.0 Å². The van der Waals surface area contributed by atoms with Gasteiger partial charge < -0.3 is 36.4 Å². The van der Waals surface area contributed by atoms with Crippen molar-refractivity contribution in [2.24, 2.45) is 23.5 Å². The van der Waals surface area contributed by atoms with E-state index in [-0.39, 0.29) is 35.3 Å². The summed E-state index contributed by atoms with van der Waals surface area (Å²) in [6, 6.07) is 0.463. The Morgan fingerprint density at radius 1 is 1.15 bits per heavy atom. The summed E-state index contributed by atoms with van der Waals surface area (Å²) in [6.45, 7) is 4.80. The summed E-state index contributed by atoms with van der Waals surface area (Å²) in [4.78, 5) is 42.9. The van der Waals surface area contributed by atoms with Crippen LogP contribution in [0, 0.1) is 17.8 Å². The number of nitrogens with one attached hydrogen (secondary N) is 1. The number of phenolic OH excluding ortho intramolecular Hbond substituents is 1. The van der Waals surface area contributed by atoms with Crippen LogP contribution < -0.4 is 16.0 Å². The predicted octanol–water partition coefficient (Wildman–Crippen LogP) is 1.31. The van der Waals surface area contributed by atoms with Crippen LogP contribution in [0.1, 0.15) is 49.8 Å². The van der Waals surface area contributed by atoms with Crippen LogP contribution in [0.15, 0.2) is 23.0 Å². The summed E-state index contributed by atoms with van der Waals surface area (Å²) in [5.41, 5.74) is 4.06. The van der Waals surface area contributed by atoms with Gasteiger partial charge in [0.25, 0.3) is 5.91 Å². The number of primary amides is 1. The number of fused-ring (bicyclic) bond motifs is 3. The van der Waals surface area contributed by atoms with Crippen molar-refractivity contribution in [3.05, 3.63) is 39.7 Å². The molecule has 11 nitrogen and oxygen atoms in total. The lowest BCUT2D eigenvalue weighted by Gasteiger charge is -2.50. The van der Waals surface area contributed by atoms with Crippen molar-refractivity contribution >= 4 is 28.9 Å². The van der Waals surface area contributed by atoms with Crippen LogP contribution in [-0.4, -0.2) is 88.2 Å². The maximum absolute atomic E-state index is 14.0. The Morgan fingerprint density at radius 3 is 2.32 bits per heavy atom. The van der Waals surface area contributed by atoms with Gasteiger partial charge in [0.15, 0.2) is 11.4 Å². The lowest BCUT2D eigenvalue weighted by atomic mass is 9.57. The van der Waals surface area contributed by atoms with E-state index in [4.69, 9.17) is 5.73 Å². The van der Waals surface area contributed by atoms with Crippen LogP contribution in [0.4, 0.5) is 5.69 Å². The number of aliphatic hydroxyl groups is 3. The number of carbonyl (C=O) groups excluding carboxylic acids is 3. The highest BCUT2D eigenvalue weighted by atomic mass is 16.3. The number of Topliss-reactive ketones (excluding diaryl/α,β-unsaturated/α-hetero) is 2. The molecule has 41 heavy (non-hydrogen) atoms. The minimum atomic E-state index is -2.65. The zero-order valence-corrected chi connectivity index (χ0v) is 24.4. The second-order valence-corrected chi connectivity index (χ2v) is 13.0. The van der Waals surface area contributed by atoms with Gasteiger partial charge in [0.05, 0.1) is 11.6 Å².